The van der Waals surface area contributed by atoms with Crippen LogP contribution in [0.5, 0.6) is 0 Å². The summed E-state index contributed by atoms with van der Waals surface area (Å²) in [5, 5.41) is 0. The van der Waals surface area contributed by atoms with E-state index < -0.39 is 5.79 Å². The van der Waals surface area contributed by atoms with Gasteiger partial charge in [0.2, 0.25) is 0 Å². The monoisotopic (exact) mass is 254 g/mol. The molecular weight excluding hydrogens is 224 g/mol. The van der Waals surface area contributed by atoms with Crippen molar-refractivity contribution >= 4 is 0 Å². The number of hydrogen-bond donors (Lipinski definition) is 0. The van der Waals surface area contributed by atoms with E-state index in [1.165, 1.54) is 25.7 Å². The molecule has 0 aromatic heterocycles. The van der Waals surface area contributed by atoms with Gasteiger partial charge in [-0.25, -0.2) is 0 Å². The van der Waals surface area contributed by atoms with Crippen molar-refractivity contribution in [2.45, 2.75) is 90.6 Å². The lowest BCUT2D eigenvalue weighted by atomic mass is 10.0. The molecule has 0 spiro atoms. The van der Waals surface area contributed by atoms with E-state index in [-0.39, 0.29) is 6.10 Å². The molecule has 0 unspecified atom stereocenters. The minimum absolute atomic E-state index is 0.276. The molecule has 2 atom stereocenters. The molecule has 1 aliphatic rings. The first-order chi connectivity index (χ1) is 8.59. The quantitative estimate of drug-likeness (QED) is 0.577. The molecule has 106 valence electrons. The standard InChI is InChI=1S/C16H30O2/c1-5-7-9-10-11-13-15-14(12-8-6-2)17-16(3,4)18-15/h9-10,14-15H,5-8,11-13H2,1-4H3/b10-9-/t14-,15+/m0/s1. The first kappa shape index (κ1) is 15.7. The number of hydrogen-bond acceptors (Lipinski definition) is 2. The zero-order valence-electron chi connectivity index (χ0n) is 12.6. The van der Waals surface area contributed by atoms with E-state index in [2.05, 4.69) is 26.0 Å². The van der Waals surface area contributed by atoms with Gasteiger partial charge in [0.1, 0.15) is 0 Å². The molecule has 1 heterocycles. The van der Waals surface area contributed by atoms with Crippen LogP contribution in [-0.4, -0.2) is 18.0 Å². The van der Waals surface area contributed by atoms with Gasteiger partial charge < -0.3 is 9.47 Å². The number of ether oxygens (including phenoxy) is 2. The van der Waals surface area contributed by atoms with Crippen LogP contribution in [0.1, 0.15) is 72.6 Å². The molecule has 1 rings (SSSR count). The minimum Gasteiger partial charge on any atom is -0.345 e. The van der Waals surface area contributed by atoms with E-state index in [0.29, 0.717) is 6.10 Å². The first-order valence-electron chi connectivity index (χ1n) is 7.59. The molecule has 0 N–H and O–H groups in total. The van der Waals surface area contributed by atoms with Crippen molar-refractivity contribution in [1.29, 1.82) is 0 Å². The number of unbranched alkanes of at least 4 members (excludes halogenated alkanes) is 2. The van der Waals surface area contributed by atoms with Gasteiger partial charge >= 0.3 is 0 Å². The molecule has 0 aromatic rings. The highest BCUT2D eigenvalue weighted by atomic mass is 16.7. The Bertz CT molecular complexity index is 245. The molecule has 2 nitrogen and oxygen atoms in total. The molecule has 18 heavy (non-hydrogen) atoms. The minimum atomic E-state index is -0.393. The van der Waals surface area contributed by atoms with Crippen LogP contribution in [0.2, 0.25) is 0 Å². The first-order valence-corrected chi connectivity index (χ1v) is 7.59. The predicted octanol–water partition coefficient (Wildman–Crippen LogP) is 4.83. The molecule has 0 saturated carbocycles. The van der Waals surface area contributed by atoms with E-state index in [9.17, 15) is 0 Å². The maximum Gasteiger partial charge on any atom is 0.163 e. The summed E-state index contributed by atoms with van der Waals surface area (Å²) in [4.78, 5) is 0. The molecule has 1 fully saturated rings. The van der Waals surface area contributed by atoms with Crippen LogP contribution in [-0.2, 0) is 9.47 Å². The third-order valence-electron chi connectivity index (χ3n) is 3.37. The van der Waals surface area contributed by atoms with E-state index in [1.807, 2.05) is 13.8 Å². The molecule has 0 aliphatic carbocycles. The molecule has 1 aliphatic heterocycles. The third-order valence-corrected chi connectivity index (χ3v) is 3.37. The van der Waals surface area contributed by atoms with Gasteiger partial charge in [0.25, 0.3) is 0 Å². The van der Waals surface area contributed by atoms with Crippen LogP contribution >= 0.6 is 0 Å². The van der Waals surface area contributed by atoms with Gasteiger partial charge in [-0.2, -0.15) is 0 Å². The highest BCUT2D eigenvalue weighted by Crippen LogP contribution is 2.33. The second-order valence-electron chi connectivity index (χ2n) is 5.69. The zero-order valence-corrected chi connectivity index (χ0v) is 12.6. The van der Waals surface area contributed by atoms with Crippen LogP contribution in [0.3, 0.4) is 0 Å². The van der Waals surface area contributed by atoms with Crippen LogP contribution in [0, 0.1) is 0 Å². The Balaban J connectivity index is 2.35. The van der Waals surface area contributed by atoms with Gasteiger partial charge in [-0.05, 0) is 39.5 Å². The molecule has 2 heteroatoms. The lowest BCUT2D eigenvalue weighted by Gasteiger charge is -2.16. The van der Waals surface area contributed by atoms with Crippen molar-refractivity contribution < 1.29 is 9.47 Å². The summed E-state index contributed by atoms with van der Waals surface area (Å²) in [5.74, 6) is -0.393. The summed E-state index contributed by atoms with van der Waals surface area (Å²) in [5.41, 5.74) is 0. The van der Waals surface area contributed by atoms with Gasteiger partial charge in [0, 0.05) is 0 Å². The summed E-state index contributed by atoms with van der Waals surface area (Å²) in [6, 6.07) is 0. The summed E-state index contributed by atoms with van der Waals surface area (Å²) in [6.45, 7) is 8.49. The molecule has 0 aromatic carbocycles. The Morgan fingerprint density at radius 3 is 2.11 bits per heavy atom. The van der Waals surface area contributed by atoms with Crippen LogP contribution in [0.4, 0.5) is 0 Å². The number of allylic oxidation sites excluding steroid dienone is 2. The SMILES string of the molecule is CCC/C=C\CC[C@H]1OC(C)(C)O[C@H]1CCCC. The number of rotatable bonds is 8. The van der Waals surface area contributed by atoms with Crippen LogP contribution in [0.15, 0.2) is 12.2 Å². The largest absolute Gasteiger partial charge is 0.345 e. The summed E-state index contributed by atoms with van der Waals surface area (Å²) >= 11 is 0. The molecule has 0 amide bonds. The fraction of sp³-hybridized carbons (Fsp3) is 0.875. The Morgan fingerprint density at radius 1 is 0.889 bits per heavy atom. The average Bonchev–Trinajstić information content (AvgIpc) is 2.61. The molecule has 1 saturated heterocycles. The van der Waals surface area contributed by atoms with E-state index in [4.69, 9.17) is 9.47 Å². The zero-order chi connectivity index (χ0) is 13.4. The summed E-state index contributed by atoms with van der Waals surface area (Å²) in [7, 11) is 0. The van der Waals surface area contributed by atoms with Gasteiger partial charge in [-0.15, -0.1) is 0 Å². The van der Waals surface area contributed by atoms with Crippen molar-refractivity contribution in [3.8, 4) is 0 Å². The van der Waals surface area contributed by atoms with Crippen molar-refractivity contribution in [3.05, 3.63) is 12.2 Å². The normalized spacial score (nSPS) is 27.1. The molecule has 0 radical (unpaired) electrons. The smallest absolute Gasteiger partial charge is 0.163 e. The van der Waals surface area contributed by atoms with Gasteiger partial charge in [0.05, 0.1) is 12.2 Å². The van der Waals surface area contributed by atoms with Crippen LogP contribution < -0.4 is 0 Å². The maximum absolute atomic E-state index is 6.01. The van der Waals surface area contributed by atoms with Crippen molar-refractivity contribution in [3.63, 3.8) is 0 Å². The Hall–Kier alpha value is -0.340. The van der Waals surface area contributed by atoms with Crippen molar-refractivity contribution in [2.75, 3.05) is 0 Å². The Morgan fingerprint density at radius 2 is 1.50 bits per heavy atom. The average molecular weight is 254 g/mol. The van der Waals surface area contributed by atoms with E-state index in [0.717, 1.165) is 19.3 Å². The van der Waals surface area contributed by atoms with Gasteiger partial charge in [-0.1, -0.05) is 45.3 Å². The summed E-state index contributed by atoms with van der Waals surface area (Å²) in [6.07, 6.45) is 13.3. The fourth-order valence-electron chi connectivity index (χ4n) is 2.47. The summed E-state index contributed by atoms with van der Waals surface area (Å²) < 4.78 is 12.0. The second-order valence-corrected chi connectivity index (χ2v) is 5.69. The topological polar surface area (TPSA) is 18.5 Å². The Labute approximate surface area is 113 Å². The fourth-order valence-corrected chi connectivity index (χ4v) is 2.47. The van der Waals surface area contributed by atoms with Gasteiger partial charge in [0.15, 0.2) is 5.79 Å². The van der Waals surface area contributed by atoms with Gasteiger partial charge in [-0.3, -0.25) is 0 Å². The maximum atomic E-state index is 6.01. The lowest BCUT2D eigenvalue weighted by Crippen LogP contribution is -2.22. The van der Waals surface area contributed by atoms with E-state index >= 15 is 0 Å². The van der Waals surface area contributed by atoms with Crippen molar-refractivity contribution in [2.24, 2.45) is 0 Å². The predicted molar refractivity (Wildman–Crippen MR) is 76.6 cm³/mol. The molecule has 0 bridgehead atoms. The Kier molecular flexibility index (Phi) is 6.95. The third kappa shape index (κ3) is 5.53. The highest BCUT2D eigenvalue weighted by Gasteiger charge is 2.39. The molecular formula is C16H30O2. The van der Waals surface area contributed by atoms with Crippen LogP contribution in [0.25, 0.3) is 0 Å². The van der Waals surface area contributed by atoms with Crippen molar-refractivity contribution in [1.82, 2.24) is 0 Å². The second kappa shape index (κ2) is 7.96. The lowest BCUT2D eigenvalue weighted by molar-refractivity contribution is -0.147. The van der Waals surface area contributed by atoms with E-state index in [1.54, 1.807) is 0 Å². The highest BCUT2D eigenvalue weighted by molar-refractivity contribution is 4.86.